The molecule has 0 aliphatic carbocycles. The van der Waals surface area contributed by atoms with Crippen molar-refractivity contribution in [3.63, 3.8) is 0 Å². The van der Waals surface area contributed by atoms with Crippen LogP contribution in [-0.2, 0) is 11.2 Å². The molecule has 0 saturated heterocycles. The molecular weight excluding hydrogens is 394 g/mol. The topological polar surface area (TPSA) is 93.4 Å². The molecular formula is C25H22NO5+. The zero-order valence-electron chi connectivity index (χ0n) is 17.0. The highest BCUT2D eigenvalue weighted by Gasteiger charge is 2.21. The Morgan fingerprint density at radius 2 is 1.65 bits per heavy atom. The summed E-state index contributed by atoms with van der Waals surface area (Å²) in [4.78, 5) is 25.3. The summed E-state index contributed by atoms with van der Waals surface area (Å²) in [6.07, 6.45) is 0.474. The summed E-state index contributed by atoms with van der Waals surface area (Å²) in [5, 5.41) is 0.340. The fourth-order valence-electron chi connectivity index (χ4n) is 3.24. The van der Waals surface area contributed by atoms with Crippen LogP contribution in [0.5, 0.6) is 17.2 Å². The van der Waals surface area contributed by atoms with E-state index in [4.69, 9.17) is 13.9 Å². The maximum Gasteiger partial charge on any atom is 0.370 e. The van der Waals surface area contributed by atoms with E-state index >= 15 is 0 Å². The van der Waals surface area contributed by atoms with E-state index in [9.17, 15) is 9.59 Å². The Balaban J connectivity index is 1.55. The van der Waals surface area contributed by atoms with Crippen molar-refractivity contribution >= 4 is 16.9 Å². The van der Waals surface area contributed by atoms with Crippen molar-refractivity contribution in [2.45, 2.75) is 19.4 Å². The van der Waals surface area contributed by atoms with Gasteiger partial charge in [-0.05, 0) is 36.8 Å². The lowest BCUT2D eigenvalue weighted by atomic mass is 10.1. The van der Waals surface area contributed by atoms with Gasteiger partial charge in [0, 0.05) is 12.5 Å². The molecule has 0 saturated carbocycles. The predicted molar refractivity (Wildman–Crippen MR) is 116 cm³/mol. The van der Waals surface area contributed by atoms with E-state index in [1.165, 1.54) is 6.07 Å². The second kappa shape index (κ2) is 8.85. The first-order valence-electron chi connectivity index (χ1n) is 9.90. The Bertz CT molecular complexity index is 1270. The van der Waals surface area contributed by atoms with Crippen molar-refractivity contribution in [3.8, 4) is 17.2 Å². The summed E-state index contributed by atoms with van der Waals surface area (Å²) < 4.78 is 17.0. The molecule has 6 heteroatoms. The minimum absolute atomic E-state index is 0.129. The van der Waals surface area contributed by atoms with Gasteiger partial charge in [-0.2, -0.15) is 0 Å². The van der Waals surface area contributed by atoms with Crippen molar-refractivity contribution in [1.82, 2.24) is 0 Å². The molecule has 4 aromatic rings. The van der Waals surface area contributed by atoms with Gasteiger partial charge in [0.15, 0.2) is 6.04 Å². The smallest absolute Gasteiger partial charge is 0.370 e. The van der Waals surface area contributed by atoms with Crippen LogP contribution in [0.4, 0.5) is 0 Å². The molecule has 0 radical (unpaired) electrons. The van der Waals surface area contributed by atoms with Crippen LogP contribution in [0.2, 0.25) is 0 Å². The van der Waals surface area contributed by atoms with Gasteiger partial charge in [0.2, 0.25) is 11.2 Å². The summed E-state index contributed by atoms with van der Waals surface area (Å²) >= 11 is 0. The maximum absolute atomic E-state index is 12.9. The molecule has 0 aliphatic rings. The lowest BCUT2D eigenvalue weighted by Gasteiger charge is -2.11. The van der Waals surface area contributed by atoms with Gasteiger partial charge in [0.05, 0.1) is 5.39 Å². The first-order chi connectivity index (χ1) is 15.0. The highest BCUT2D eigenvalue weighted by Crippen LogP contribution is 2.27. The average Bonchev–Trinajstić information content (AvgIpc) is 2.78. The van der Waals surface area contributed by atoms with Gasteiger partial charge < -0.3 is 19.6 Å². The first-order valence-corrected chi connectivity index (χ1v) is 9.90. The van der Waals surface area contributed by atoms with Gasteiger partial charge in [-0.25, -0.2) is 4.79 Å². The molecule has 0 amide bonds. The van der Waals surface area contributed by atoms with Crippen LogP contribution in [0.3, 0.4) is 0 Å². The monoisotopic (exact) mass is 416 g/mol. The van der Waals surface area contributed by atoms with Crippen molar-refractivity contribution in [2.24, 2.45) is 0 Å². The molecule has 0 unspecified atom stereocenters. The van der Waals surface area contributed by atoms with Gasteiger partial charge in [-0.1, -0.05) is 48.5 Å². The fraction of sp³-hybridized carbons (Fsp3) is 0.120. The van der Waals surface area contributed by atoms with Crippen molar-refractivity contribution in [2.75, 3.05) is 0 Å². The number of para-hydroxylation sites is 1. The summed E-state index contributed by atoms with van der Waals surface area (Å²) in [5.41, 5.74) is 4.94. The molecule has 4 rings (SSSR count). The molecule has 31 heavy (non-hydrogen) atoms. The molecule has 3 aromatic carbocycles. The third kappa shape index (κ3) is 4.65. The average molecular weight is 416 g/mol. The van der Waals surface area contributed by atoms with Crippen molar-refractivity contribution in [1.29, 1.82) is 0 Å². The highest BCUT2D eigenvalue weighted by molar-refractivity contribution is 5.82. The number of carbonyl (C=O) groups excluding carboxylic acids is 1. The second-order valence-electron chi connectivity index (χ2n) is 7.20. The van der Waals surface area contributed by atoms with Gasteiger partial charge in [-0.15, -0.1) is 0 Å². The standard InChI is InChI=1S/C25H21NO5/c1-16-24(30-18-10-6-3-7-11-18)23(27)20-13-12-19(15-22(20)29-16)31-25(28)21(26)14-17-8-4-2-5-9-17/h2-13,15,21H,14,26H2,1H3/p+1/t21-/m1/s1. The number of hydrogen-bond donors (Lipinski definition) is 1. The number of hydrogen-bond acceptors (Lipinski definition) is 5. The van der Waals surface area contributed by atoms with Gasteiger partial charge in [0.1, 0.15) is 22.8 Å². The van der Waals surface area contributed by atoms with Crippen LogP contribution in [-0.4, -0.2) is 12.0 Å². The van der Waals surface area contributed by atoms with Gasteiger partial charge >= 0.3 is 5.97 Å². The Morgan fingerprint density at radius 1 is 0.968 bits per heavy atom. The number of fused-ring (bicyclic) bond motifs is 1. The van der Waals surface area contributed by atoms with E-state index in [1.807, 2.05) is 48.5 Å². The number of quaternary nitrogens is 1. The zero-order chi connectivity index (χ0) is 21.8. The molecule has 0 aliphatic heterocycles. The largest absolute Gasteiger partial charge is 0.457 e. The second-order valence-corrected chi connectivity index (χ2v) is 7.20. The lowest BCUT2D eigenvalue weighted by molar-refractivity contribution is -0.406. The van der Waals surface area contributed by atoms with E-state index < -0.39 is 12.0 Å². The number of aryl methyl sites for hydroxylation is 1. The van der Waals surface area contributed by atoms with E-state index in [1.54, 1.807) is 31.2 Å². The van der Waals surface area contributed by atoms with Crippen LogP contribution in [0.1, 0.15) is 11.3 Å². The van der Waals surface area contributed by atoms with E-state index in [2.05, 4.69) is 5.73 Å². The summed E-state index contributed by atoms with van der Waals surface area (Å²) in [5.74, 6) is 0.848. The number of carbonyl (C=O) groups is 1. The van der Waals surface area contributed by atoms with Crippen LogP contribution < -0.4 is 20.6 Å². The van der Waals surface area contributed by atoms with Crippen LogP contribution in [0.15, 0.2) is 88.1 Å². The third-order valence-corrected chi connectivity index (χ3v) is 4.83. The predicted octanol–water partition coefficient (Wildman–Crippen LogP) is 3.65. The van der Waals surface area contributed by atoms with Gasteiger partial charge in [-0.3, -0.25) is 4.79 Å². The Hall–Kier alpha value is -3.90. The van der Waals surface area contributed by atoms with Crippen LogP contribution >= 0.6 is 0 Å². The molecule has 3 N–H and O–H groups in total. The number of ether oxygens (including phenoxy) is 2. The number of benzene rings is 3. The highest BCUT2D eigenvalue weighted by atomic mass is 16.5. The van der Waals surface area contributed by atoms with Crippen LogP contribution in [0.25, 0.3) is 11.0 Å². The maximum atomic E-state index is 12.9. The number of rotatable bonds is 6. The normalized spacial score (nSPS) is 11.8. The molecule has 0 fully saturated rings. The minimum Gasteiger partial charge on any atom is -0.457 e. The molecule has 6 nitrogen and oxygen atoms in total. The molecule has 1 aromatic heterocycles. The molecule has 0 bridgehead atoms. The summed E-state index contributed by atoms with van der Waals surface area (Å²) in [6, 6.07) is 22.7. The molecule has 1 atom stereocenters. The van der Waals surface area contributed by atoms with Gasteiger partial charge in [0.25, 0.3) is 0 Å². The molecule has 0 spiro atoms. The fourth-order valence-corrected chi connectivity index (χ4v) is 3.24. The Labute approximate surface area is 178 Å². The number of esters is 1. The van der Waals surface area contributed by atoms with E-state index in [-0.39, 0.29) is 11.2 Å². The summed E-state index contributed by atoms with van der Waals surface area (Å²) in [7, 11) is 0. The van der Waals surface area contributed by atoms with Crippen molar-refractivity contribution < 1.29 is 24.4 Å². The molecule has 156 valence electrons. The third-order valence-electron chi connectivity index (χ3n) is 4.83. The van der Waals surface area contributed by atoms with Crippen molar-refractivity contribution in [3.05, 3.63) is 100 Å². The van der Waals surface area contributed by atoms with E-state index in [0.29, 0.717) is 34.6 Å². The molecule has 1 heterocycles. The Kier molecular flexibility index (Phi) is 5.82. The van der Waals surface area contributed by atoms with Crippen LogP contribution in [0, 0.1) is 6.92 Å². The SMILES string of the molecule is Cc1oc2cc(OC(=O)[C@H]([NH3+])Cc3ccccc3)ccc2c(=O)c1Oc1ccccc1. The lowest BCUT2D eigenvalue weighted by Crippen LogP contribution is -2.67. The van der Waals surface area contributed by atoms with E-state index in [0.717, 1.165) is 5.56 Å². The minimum atomic E-state index is -0.562. The first kappa shape index (κ1) is 20.4. The summed E-state index contributed by atoms with van der Waals surface area (Å²) in [6.45, 7) is 1.66. The Morgan fingerprint density at radius 3 is 2.35 bits per heavy atom. The quantitative estimate of drug-likeness (QED) is 0.383. The zero-order valence-corrected chi connectivity index (χ0v) is 17.0.